The highest BCUT2D eigenvalue weighted by molar-refractivity contribution is 4.77. The average molecular weight is 175 g/mol. The van der Waals surface area contributed by atoms with Crippen molar-refractivity contribution in [1.29, 1.82) is 0 Å². The third kappa shape index (κ3) is 3.52. The number of nitrogens with two attached hydrogens (primary N) is 1. The molecule has 0 saturated heterocycles. The van der Waals surface area contributed by atoms with Gasteiger partial charge >= 0.3 is 0 Å². The topological polar surface area (TPSA) is 44.5 Å². The minimum absolute atomic E-state index is 0.171. The van der Waals surface area contributed by atoms with Gasteiger partial charge in [0.05, 0.1) is 5.60 Å². The molecule has 2 N–H and O–H groups in total. The minimum Gasteiger partial charge on any atom is -0.356 e. The fraction of sp³-hybridized carbons (Fsp3) is 1.00. The Labute approximate surface area is 75.2 Å². The molecule has 0 radical (unpaired) electrons. The van der Waals surface area contributed by atoms with Crippen molar-refractivity contribution in [3.05, 3.63) is 0 Å². The summed E-state index contributed by atoms with van der Waals surface area (Å²) >= 11 is 0. The maximum Gasteiger partial charge on any atom is 0.147 e. The zero-order valence-electron chi connectivity index (χ0n) is 8.43. The van der Waals surface area contributed by atoms with Crippen molar-refractivity contribution in [2.45, 2.75) is 39.2 Å². The molecule has 0 aromatic carbocycles. The number of hydrogen-bond acceptors (Lipinski definition) is 3. The third-order valence-corrected chi connectivity index (χ3v) is 2.31. The van der Waals surface area contributed by atoms with Gasteiger partial charge in [0.2, 0.25) is 0 Å². The molecule has 0 amide bonds. The lowest BCUT2D eigenvalue weighted by Crippen LogP contribution is -2.40. The molecule has 0 heterocycles. The molecule has 0 saturated carbocycles. The largest absolute Gasteiger partial charge is 0.356 e. The first-order valence-electron chi connectivity index (χ1n) is 4.66. The molecular formula is C9H21NO2. The molecule has 0 atom stereocenters. The van der Waals surface area contributed by atoms with E-state index in [4.69, 9.17) is 15.2 Å². The molecule has 0 unspecified atom stereocenters. The van der Waals surface area contributed by atoms with E-state index in [0.29, 0.717) is 19.9 Å². The first kappa shape index (κ1) is 11.9. The Morgan fingerprint density at radius 2 is 1.75 bits per heavy atom. The van der Waals surface area contributed by atoms with Crippen LogP contribution in [0.25, 0.3) is 0 Å². The van der Waals surface area contributed by atoms with Crippen molar-refractivity contribution < 1.29 is 9.47 Å². The van der Waals surface area contributed by atoms with Crippen molar-refractivity contribution in [2.24, 2.45) is 5.73 Å². The molecule has 0 aliphatic carbocycles. The van der Waals surface area contributed by atoms with E-state index in [2.05, 4.69) is 13.8 Å². The van der Waals surface area contributed by atoms with Gasteiger partial charge in [-0.1, -0.05) is 13.8 Å². The Balaban J connectivity index is 3.76. The average Bonchev–Trinajstić information content (AvgIpc) is 2.14. The van der Waals surface area contributed by atoms with Crippen molar-refractivity contribution in [3.63, 3.8) is 0 Å². The van der Waals surface area contributed by atoms with Crippen LogP contribution in [-0.4, -0.2) is 25.5 Å². The van der Waals surface area contributed by atoms with Crippen LogP contribution in [0.4, 0.5) is 0 Å². The van der Waals surface area contributed by atoms with E-state index in [0.717, 1.165) is 12.8 Å². The van der Waals surface area contributed by atoms with Gasteiger partial charge in [0.25, 0.3) is 0 Å². The minimum atomic E-state index is -0.171. The van der Waals surface area contributed by atoms with E-state index in [9.17, 15) is 0 Å². The molecule has 3 heteroatoms. The number of hydrogen-bond donors (Lipinski definition) is 1. The lowest BCUT2D eigenvalue weighted by atomic mass is 9.98. The van der Waals surface area contributed by atoms with Crippen LogP contribution in [0.5, 0.6) is 0 Å². The molecule has 0 aromatic heterocycles. The van der Waals surface area contributed by atoms with Crippen LogP contribution in [-0.2, 0) is 9.47 Å². The maximum absolute atomic E-state index is 5.63. The van der Waals surface area contributed by atoms with Crippen LogP contribution < -0.4 is 5.73 Å². The predicted octanol–water partition coefficient (Wildman–Crippen LogP) is 1.51. The SMILES string of the molecule is CCOCOC(CC)(CC)CN. The van der Waals surface area contributed by atoms with E-state index in [-0.39, 0.29) is 5.60 Å². The summed E-state index contributed by atoms with van der Waals surface area (Å²) in [7, 11) is 0. The Morgan fingerprint density at radius 3 is 2.08 bits per heavy atom. The Morgan fingerprint density at radius 1 is 1.17 bits per heavy atom. The summed E-state index contributed by atoms with van der Waals surface area (Å²) in [5, 5.41) is 0. The van der Waals surface area contributed by atoms with Crippen LogP contribution in [0, 0.1) is 0 Å². The van der Waals surface area contributed by atoms with E-state index in [1.54, 1.807) is 0 Å². The molecule has 0 aliphatic heterocycles. The van der Waals surface area contributed by atoms with Gasteiger partial charge in [0.15, 0.2) is 0 Å². The van der Waals surface area contributed by atoms with Crippen LogP contribution in [0.3, 0.4) is 0 Å². The summed E-state index contributed by atoms with van der Waals surface area (Å²) in [5.41, 5.74) is 5.46. The highest BCUT2D eigenvalue weighted by Gasteiger charge is 2.24. The van der Waals surface area contributed by atoms with Crippen LogP contribution >= 0.6 is 0 Å². The van der Waals surface area contributed by atoms with Crippen LogP contribution in [0.1, 0.15) is 33.6 Å². The van der Waals surface area contributed by atoms with Crippen molar-refractivity contribution in [2.75, 3.05) is 19.9 Å². The summed E-state index contributed by atoms with van der Waals surface area (Å²) in [6.07, 6.45) is 1.88. The van der Waals surface area contributed by atoms with Gasteiger partial charge < -0.3 is 15.2 Å². The molecular weight excluding hydrogens is 154 g/mol. The lowest BCUT2D eigenvalue weighted by molar-refractivity contribution is -0.139. The standard InChI is InChI=1S/C9H21NO2/c1-4-9(5-2,7-10)12-8-11-6-3/h4-8,10H2,1-3H3. The first-order valence-corrected chi connectivity index (χ1v) is 4.66. The quantitative estimate of drug-likeness (QED) is 0.471. The van der Waals surface area contributed by atoms with E-state index < -0.39 is 0 Å². The number of ether oxygens (including phenoxy) is 2. The fourth-order valence-corrected chi connectivity index (χ4v) is 1.05. The van der Waals surface area contributed by atoms with Gasteiger partial charge in [-0.2, -0.15) is 0 Å². The zero-order chi connectivity index (χ0) is 9.45. The van der Waals surface area contributed by atoms with Gasteiger partial charge in [-0.25, -0.2) is 0 Å². The summed E-state index contributed by atoms with van der Waals surface area (Å²) in [5.74, 6) is 0. The first-order chi connectivity index (χ1) is 5.74. The summed E-state index contributed by atoms with van der Waals surface area (Å²) < 4.78 is 10.7. The van der Waals surface area contributed by atoms with E-state index >= 15 is 0 Å². The predicted molar refractivity (Wildman–Crippen MR) is 49.9 cm³/mol. The molecule has 0 bridgehead atoms. The van der Waals surface area contributed by atoms with Gasteiger partial charge in [-0.3, -0.25) is 0 Å². The van der Waals surface area contributed by atoms with Crippen molar-refractivity contribution in [3.8, 4) is 0 Å². The summed E-state index contributed by atoms with van der Waals surface area (Å²) in [6.45, 7) is 7.73. The Bertz CT molecular complexity index is 94.4. The number of rotatable bonds is 7. The van der Waals surface area contributed by atoms with Gasteiger partial charge in [0.1, 0.15) is 6.79 Å². The van der Waals surface area contributed by atoms with Gasteiger partial charge in [0, 0.05) is 13.2 Å². The summed E-state index contributed by atoms with van der Waals surface area (Å²) in [4.78, 5) is 0. The normalized spacial score (nSPS) is 12.0. The van der Waals surface area contributed by atoms with E-state index in [1.807, 2.05) is 6.92 Å². The lowest BCUT2D eigenvalue weighted by Gasteiger charge is -2.29. The monoisotopic (exact) mass is 175 g/mol. The second-order valence-corrected chi connectivity index (χ2v) is 2.85. The second-order valence-electron chi connectivity index (χ2n) is 2.85. The highest BCUT2D eigenvalue weighted by Crippen LogP contribution is 2.18. The molecule has 3 nitrogen and oxygen atoms in total. The third-order valence-electron chi connectivity index (χ3n) is 2.31. The molecule has 0 aromatic rings. The highest BCUT2D eigenvalue weighted by atomic mass is 16.7. The molecule has 0 fully saturated rings. The van der Waals surface area contributed by atoms with Crippen LogP contribution in [0.15, 0.2) is 0 Å². The maximum atomic E-state index is 5.63. The molecule has 0 spiro atoms. The Hall–Kier alpha value is -0.120. The molecule has 12 heavy (non-hydrogen) atoms. The Kier molecular flexibility index (Phi) is 6.34. The van der Waals surface area contributed by atoms with Crippen LogP contribution in [0.2, 0.25) is 0 Å². The van der Waals surface area contributed by atoms with Gasteiger partial charge in [-0.05, 0) is 19.8 Å². The van der Waals surface area contributed by atoms with E-state index in [1.165, 1.54) is 0 Å². The summed E-state index contributed by atoms with van der Waals surface area (Å²) in [6, 6.07) is 0. The fourth-order valence-electron chi connectivity index (χ4n) is 1.05. The molecule has 74 valence electrons. The second kappa shape index (κ2) is 6.40. The zero-order valence-corrected chi connectivity index (χ0v) is 8.43. The van der Waals surface area contributed by atoms with Crippen molar-refractivity contribution >= 4 is 0 Å². The molecule has 0 rings (SSSR count). The molecule has 0 aliphatic rings. The van der Waals surface area contributed by atoms with Crippen molar-refractivity contribution in [1.82, 2.24) is 0 Å². The van der Waals surface area contributed by atoms with Gasteiger partial charge in [-0.15, -0.1) is 0 Å². The smallest absolute Gasteiger partial charge is 0.147 e.